The van der Waals surface area contributed by atoms with Gasteiger partial charge in [-0.2, -0.15) is 0 Å². The molecule has 1 aromatic carbocycles. The predicted octanol–water partition coefficient (Wildman–Crippen LogP) is 4.10. The Morgan fingerprint density at radius 3 is 2.61 bits per heavy atom. The number of hydrogen-bond acceptors (Lipinski definition) is 4. The quantitative estimate of drug-likeness (QED) is 0.457. The van der Waals surface area contributed by atoms with Gasteiger partial charge in [-0.25, -0.2) is 5.43 Å². The van der Waals surface area contributed by atoms with Gasteiger partial charge >= 0.3 is 0 Å². The van der Waals surface area contributed by atoms with E-state index in [0.717, 1.165) is 20.5 Å². The van der Waals surface area contributed by atoms with E-state index in [4.69, 9.17) is 10.3 Å². The Hall–Kier alpha value is -0.270. The van der Waals surface area contributed by atoms with E-state index in [2.05, 4.69) is 43.4 Å². The van der Waals surface area contributed by atoms with Crippen molar-refractivity contribution in [1.29, 1.82) is 0 Å². The molecule has 96 valence electrons. The van der Waals surface area contributed by atoms with E-state index in [-0.39, 0.29) is 6.04 Å². The van der Waals surface area contributed by atoms with Crippen molar-refractivity contribution in [2.75, 3.05) is 5.75 Å². The third-order valence-corrected chi connectivity index (χ3v) is 5.18. The molecule has 0 bridgehead atoms. The summed E-state index contributed by atoms with van der Waals surface area (Å²) in [6.45, 7) is 0. The van der Waals surface area contributed by atoms with Crippen LogP contribution >= 0.6 is 43.6 Å². The standard InChI is InChI=1S/C12H12Br2N2OS/c13-8-3-1-2-4-11(8)18-7-10(16-15)12-9(14)5-6-17-12/h1-6,10,16H,7,15H2. The number of rotatable bonds is 5. The predicted molar refractivity (Wildman–Crippen MR) is 81.3 cm³/mol. The number of halogens is 2. The van der Waals surface area contributed by atoms with E-state index >= 15 is 0 Å². The summed E-state index contributed by atoms with van der Waals surface area (Å²) in [5.41, 5.74) is 2.78. The number of benzene rings is 1. The maximum absolute atomic E-state index is 5.58. The summed E-state index contributed by atoms with van der Waals surface area (Å²) < 4.78 is 7.44. The Morgan fingerprint density at radius 2 is 2.00 bits per heavy atom. The van der Waals surface area contributed by atoms with Gasteiger partial charge in [0.2, 0.25) is 0 Å². The first-order chi connectivity index (χ1) is 8.72. The number of hydrazine groups is 1. The van der Waals surface area contributed by atoms with E-state index in [0.29, 0.717) is 0 Å². The van der Waals surface area contributed by atoms with Crippen LogP contribution in [0.15, 0.2) is 54.9 Å². The summed E-state index contributed by atoms with van der Waals surface area (Å²) in [4.78, 5) is 1.18. The summed E-state index contributed by atoms with van der Waals surface area (Å²) in [6, 6.07) is 9.93. The number of furan rings is 1. The highest BCUT2D eigenvalue weighted by Gasteiger charge is 2.17. The van der Waals surface area contributed by atoms with Crippen LogP contribution in [0.1, 0.15) is 11.8 Å². The molecule has 0 spiro atoms. The smallest absolute Gasteiger partial charge is 0.137 e. The van der Waals surface area contributed by atoms with Crippen molar-refractivity contribution >= 4 is 43.6 Å². The Morgan fingerprint density at radius 1 is 1.22 bits per heavy atom. The van der Waals surface area contributed by atoms with Crippen LogP contribution in [0.3, 0.4) is 0 Å². The van der Waals surface area contributed by atoms with Crippen LogP contribution in [0.4, 0.5) is 0 Å². The molecule has 0 saturated heterocycles. The monoisotopic (exact) mass is 390 g/mol. The third kappa shape index (κ3) is 3.39. The first-order valence-electron chi connectivity index (χ1n) is 5.28. The molecule has 0 aliphatic rings. The lowest BCUT2D eigenvalue weighted by molar-refractivity contribution is 0.438. The van der Waals surface area contributed by atoms with Crippen molar-refractivity contribution < 1.29 is 4.42 Å². The topological polar surface area (TPSA) is 51.2 Å². The van der Waals surface area contributed by atoms with Crippen LogP contribution in [0.25, 0.3) is 0 Å². The highest BCUT2D eigenvalue weighted by molar-refractivity contribution is 9.10. The average molecular weight is 392 g/mol. The molecule has 3 nitrogen and oxygen atoms in total. The van der Waals surface area contributed by atoms with Gasteiger partial charge in [0.05, 0.1) is 16.8 Å². The van der Waals surface area contributed by atoms with E-state index in [1.165, 1.54) is 4.90 Å². The second kappa shape index (κ2) is 6.77. The molecule has 0 radical (unpaired) electrons. The van der Waals surface area contributed by atoms with Crippen molar-refractivity contribution in [2.45, 2.75) is 10.9 Å². The molecule has 2 rings (SSSR count). The van der Waals surface area contributed by atoms with Crippen molar-refractivity contribution in [1.82, 2.24) is 5.43 Å². The zero-order valence-corrected chi connectivity index (χ0v) is 13.4. The zero-order chi connectivity index (χ0) is 13.0. The molecule has 1 aromatic heterocycles. The molecular formula is C12H12Br2N2OS. The molecule has 1 heterocycles. The van der Waals surface area contributed by atoms with Crippen LogP contribution in [0.2, 0.25) is 0 Å². The van der Waals surface area contributed by atoms with Crippen molar-refractivity contribution in [3.05, 3.63) is 51.3 Å². The first kappa shape index (κ1) is 14.1. The summed E-state index contributed by atoms with van der Waals surface area (Å²) in [7, 11) is 0. The fourth-order valence-electron chi connectivity index (χ4n) is 1.49. The van der Waals surface area contributed by atoms with E-state index < -0.39 is 0 Å². The minimum Gasteiger partial charge on any atom is -0.466 e. The molecule has 0 amide bonds. The van der Waals surface area contributed by atoms with Crippen molar-refractivity contribution in [3.8, 4) is 0 Å². The Bertz CT molecular complexity index is 518. The first-order valence-corrected chi connectivity index (χ1v) is 7.86. The molecule has 0 fully saturated rings. The van der Waals surface area contributed by atoms with Gasteiger partial charge in [0.1, 0.15) is 5.76 Å². The second-order valence-corrected chi connectivity index (χ2v) is 6.36. The highest BCUT2D eigenvalue weighted by Crippen LogP contribution is 2.32. The molecule has 0 aliphatic carbocycles. The molecule has 0 aliphatic heterocycles. The van der Waals surface area contributed by atoms with Gasteiger partial charge in [-0.15, -0.1) is 11.8 Å². The van der Waals surface area contributed by atoms with Gasteiger partial charge in [-0.1, -0.05) is 12.1 Å². The van der Waals surface area contributed by atoms with Gasteiger partial charge in [0, 0.05) is 15.1 Å². The van der Waals surface area contributed by atoms with E-state index in [9.17, 15) is 0 Å². The lowest BCUT2D eigenvalue weighted by Crippen LogP contribution is -2.29. The fraction of sp³-hybridized carbons (Fsp3) is 0.167. The molecular weight excluding hydrogens is 380 g/mol. The Labute approximate surface area is 127 Å². The van der Waals surface area contributed by atoms with Gasteiger partial charge in [-0.05, 0) is 50.1 Å². The largest absolute Gasteiger partial charge is 0.466 e. The average Bonchev–Trinajstić information content (AvgIpc) is 2.79. The zero-order valence-electron chi connectivity index (χ0n) is 9.40. The number of nitrogens with one attached hydrogen (secondary N) is 1. The summed E-state index contributed by atoms with van der Waals surface area (Å²) in [5, 5.41) is 0. The van der Waals surface area contributed by atoms with Crippen LogP contribution < -0.4 is 11.3 Å². The Balaban J connectivity index is 2.05. The maximum Gasteiger partial charge on any atom is 0.137 e. The van der Waals surface area contributed by atoms with Crippen LogP contribution in [0.5, 0.6) is 0 Å². The number of thioether (sulfide) groups is 1. The van der Waals surface area contributed by atoms with E-state index in [1.807, 2.05) is 24.3 Å². The van der Waals surface area contributed by atoms with Crippen molar-refractivity contribution in [2.24, 2.45) is 5.84 Å². The van der Waals surface area contributed by atoms with E-state index in [1.54, 1.807) is 18.0 Å². The second-order valence-electron chi connectivity index (χ2n) is 3.59. The van der Waals surface area contributed by atoms with Crippen molar-refractivity contribution in [3.63, 3.8) is 0 Å². The summed E-state index contributed by atoms with van der Waals surface area (Å²) >= 11 is 8.68. The summed E-state index contributed by atoms with van der Waals surface area (Å²) in [5.74, 6) is 7.18. The molecule has 1 unspecified atom stereocenters. The number of hydrogen-bond donors (Lipinski definition) is 2. The third-order valence-electron chi connectivity index (χ3n) is 2.40. The number of nitrogens with two attached hydrogens (primary N) is 1. The Kier molecular flexibility index (Phi) is 5.32. The lowest BCUT2D eigenvalue weighted by atomic mass is 10.3. The lowest BCUT2D eigenvalue weighted by Gasteiger charge is -2.14. The minimum atomic E-state index is -0.0357. The van der Waals surface area contributed by atoms with Crippen LogP contribution in [-0.4, -0.2) is 5.75 Å². The van der Waals surface area contributed by atoms with Gasteiger partial charge in [-0.3, -0.25) is 5.84 Å². The highest BCUT2D eigenvalue weighted by atomic mass is 79.9. The molecule has 6 heteroatoms. The molecule has 1 atom stereocenters. The fourth-order valence-corrected chi connectivity index (χ4v) is 3.57. The molecule has 2 aromatic rings. The van der Waals surface area contributed by atoms with Gasteiger partial charge < -0.3 is 4.42 Å². The maximum atomic E-state index is 5.58. The van der Waals surface area contributed by atoms with Gasteiger partial charge in [0.15, 0.2) is 0 Å². The molecule has 18 heavy (non-hydrogen) atoms. The SMILES string of the molecule is NNC(CSc1ccccc1Br)c1occc1Br. The summed E-state index contributed by atoms with van der Waals surface area (Å²) in [6.07, 6.45) is 1.65. The molecule has 0 saturated carbocycles. The van der Waals surface area contributed by atoms with Gasteiger partial charge in [0.25, 0.3) is 0 Å². The normalized spacial score (nSPS) is 12.6. The molecule has 3 N–H and O–H groups in total. The van der Waals surface area contributed by atoms with Crippen LogP contribution in [-0.2, 0) is 0 Å². The minimum absolute atomic E-state index is 0.0357. The van der Waals surface area contributed by atoms with Crippen LogP contribution in [0, 0.1) is 0 Å².